The van der Waals surface area contributed by atoms with Crippen LogP contribution in [-0.4, -0.2) is 16.9 Å². The highest BCUT2D eigenvalue weighted by atomic mass is 16.7. The number of hydrogen-bond donors (Lipinski definition) is 0. The molecule has 0 atom stereocenters. The van der Waals surface area contributed by atoms with Gasteiger partial charge in [0.15, 0.2) is 0 Å². The van der Waals surface area contributed by atoms with E-state index in [1.54, 1.807) is 0 Å². The van der Waals surface area contributed by atoms with Gasteiger partial charge in [-0.25, -0.2) is 0 Å². The maximum absolute atomic E-state index is 11.2. The molecule has 0 radical (unpaired) electrons. The van der Waals surface area contributed by atoms with Gasteiger partial charge in [0.05, 0.1) is 0 Å². The third kappa shape index (κ3) is 2.22. The lowest BCUT2D eigenvalue weighted by Crippen LogP contribution is -2.28. The van der Waals surface area contributed by atoms with Crippen LogP contribution in [0.15, 0.2) is 30.3 Å². The van der Waals surface area contributed by atoms with Gasteiger partial charge in [-0.05, 0) is 5.56 Å². The number of benzene rings is 1. The lowest BCUT2D eigenvalue weighted by Gasteiger charge is -2.12. The molecule has 2 rings (SSSR count). The summed E-state index contributed by atoms with van der Waals surface area (Å²) in [4.78, 5) is 27.5. The first-order valence-corrected chi connectivity index (χ1v) is 4.80. The first-order valence-electron chi connectivity index (χ1n) is 4.80. The number of nitrogens with zero attached hydrogens (tertiary/aromatic N) is 1. The first-order chi connectivity index (χ1) is 7.27. The molecule has 0 aromatic heterocycles. The minimum Gasteiger partial charge on any atom is -0.272 e. The van der Waals surface area contributed by atoms with Crippen molar-refractivity contribution >= 4 is 11.8 Å². The molecule has 1 saturated heterocycles. The van der Waals surface area contributed by atoms with Gasteiger partial charge in [-0.2, -0.15) is 5.06 Å². The summed E-state index contributed by atoms with van der Waals surface area (Å²) in [5, 5.41) is 0.868. The van der Waals surface area contributed by atoms with Crippen molar-refractivity contribution in [2.24, 2.45) is 0 Å². The zero-order valence-electron chi connectivity index (χ0n) is 8.18. The molecule has 2 amide bonds. The lowest BCUT2D eigenvalue weighted by molar-refractivity contribution is -0.191. The Morgan fingerprint density at radius 2 is 1.67 bits per heavy atom. The molecular weight excluding hydrogens is 194 g/mol. The molecule has 15 heavy (non-hydrogen) atoms. The van der Waals surface area contributed by atoms with Crippen LogP contribution in [0.1, 0.15) is 18.4 Å². The highest BCUT2D eigenvalue weighted by molar-refractivity contribution is 6.00. The van der Waals surface area contributed by atoms with E-state index in [4.69, 9.17) is 4.84 Å². The van der Waals surface area contributed by atoms with Crippen molar-refractivity contribution in [2.75, 3.05) is 0 Å². The van der Waals surface area contributed by atoms with Crippen molar-refractivity contribution in [2.45, 2.75) is 19.4 Å². The number of hydrogen-bond acceptors (Lipinski definition) is 3. The molecule has 1 aromatic carbocycles. The Morgan fingerprint density at radius 1 is 1.07 bits per heavy atom. The summed E-state index contributed by atoms with van der Waals surface area (Å²) in [5.41, 5.74) is 0.935. The van der Waals surface area contributed by atoms with Crippen LogP contribution in [0.4, 0.5) is 0 Å². The van der Waals surface area contributed by atoms with Crippen LogP contribution >= 0.6 is 0 Å². The van der Waals surface area contributed by atoms with Gasteiger partial charge in [0, 0.05) is 12.8 Å². The molecule has 4 heteroatoms. The van der Waals surface area contributed by atoms with Crippen molar-refractivity contribution < 1.29 is 14.4 Å². The molecule has 4 nitrogen and oxygen atoms in total. The van der Waals surface area contributed by atoms with Crippen LogP contribution < -0.4 is 0 Å². The number of carbonyl (C=O) groups is 2. The number of hydroxylamine groups is 2. The van der Waals surface area contributed by atoms with Crippen molar-refractivity contribution in [1.29, 1.82) is 0 Å². The Hall–Kier alpha value is -1.68. The predicted octanol–water partition coefficient (Wildman–Crippen LogP) is 1.27. The number of carbonyl (C=O) groups excluding carboxylic acids is 2. The van der Waals surface area contributed by atoms with E-state index in [-0.39, 0.29) is 31.3 Å². The van der Waals surface area contributed by atoms with Gasteiger partial charge in [-0.15, -0.1) is 0 Å². The zero-order chi connectivity index (χ0) is 10.7. The SMILES string of the molecule is O=C1CCC(=O)N1OCc1ccccc1. The van der Waals surface area contributed by atoms with E-state index in [2.05, 4.69) is 0 Å². The third-order valence-corrected chi connectivity index (χ3v) is 2.21. The summed E-state index contributed by atoms with van der Waals surface area (Å²) < 4.78 is 0. The molecule has 0 N–H and O–H groups in total. The van der Waals surface area contributed by atoms with Crippen molar-refractivity contribution in [3.8, 4) is 0 Å². The van der Waals surface area contributed by atoms with Gasteiger partial charge in [-0.1, -0.05) is 30.3 Å². The molecule has 1 aliphatic heterocycles. The summed E-state index contributed by atoms with van der Waals surface area (Å²) in [6, 6.07) is 9.42. The Morgan fingerprint density at radius 3 is 2.27 bits per heavy atom. The van der Waals surface area contributed by atoms with Gasteiger partial charge < -0.3 is 0 Å². The van der Waals surface area contributed by atoms with Gasteiger partial charge >= 0.3 is 0 Å². The van der Waals surface area contributed by atoms with Gasteiger partial charge in [0.25, 0.3) is 11.8 Å². The molecular formula is C11H11NO3. The Kier molecular flexibility index (Phi) is 2.78. The summed E-state index contributed by atoms with van der Waals surface area (Å²) in [6.45, 7) is 0.248. The fraction of sp³-hybridized carbons (Fsp3) is 0.273. The molecule has 0 unspecified atom stereocenters. The molecule has 0 aliphatic carbocycles. The van der Waals surface area contributed by atoms with Crippen LogP contribution in [0.25, 0.3) is 0 Å². The average Bonchev–Trinajstić information content (AvgIpc) is 2.58. The molecule has 1 aliphatic rings. The normalized spacial score (nSPS) is 16.1. The first kappa shape index (κ1) is 9.86. The van der Waals surface area contributed by atoms with Crippen LogP contribution in [0.2, 0.25) is 0 Å². The molecule has 78 valence electrons. The molecule has 1 aromatic rings. The lowest BCUT2D eigenvalue weighted by atomic mass is 10.2. The average molecular weight is 205 g/mol. The van der Waals surface area contributed by atoms with Crippen LogP contribution in [-0.2, 0) is 21.0 Å². The minimum absolute atomic E-state index is 0.248. The smallest absolute Gasteiger partial charge is 0.254 e. The quantitative estimate of drug-likeness (QED) is 0.698. The summed E-state index contributed by atoms with van der Waals surface area (Å²) in [5.74, 6) is -0.508. The van der Waals surface area contributed by atoms with Crippen LogP contribution in [0, 0.1) is 0 Å². The van der Waals surface area contributed by atoms with Crippen LogP contribution in [0.3, 0.4) is 0 Å². The van der Waals surface area contributed by atoms with Gasteiger partial charge in [-0.3, -0.25) is 14.4 Å². The highest BCUT2D eigenvalue weighted by Gasteiger charge is 2.29. The summed E-state index contributed by atoms with van der Waals surface area (Å²) in [6.07, 6.45) is 0.515. The molecule has 1 heterocycles. The topological polar surface area (TPSA) is 46.6 Å². The standard InChI is InChI=1S/C11H11NO3/c13-10-6-7-11(14)12(10)15-8-9-4-2-1-3-5-9/h1-5H,6-8H2. The number of rotatable bonds is 3. The van der Waals surface area contributed by atoms with E-state index in [1.165, 1.54) is 0 Å². The fourth-order valence-electron chi connectivity index (χ4n) is 1.41. The minimum atomic E-state index is -0.254. The van der Waals surface area contributed by atoms with E-state index < -0.39 is 0 Å². The van der Waals surface area contributed by atoms with Crippen molar-refractivity contribution in [3.63, 3.8) is 0 Å². The third-order valence-electron chi connectivity index (χ3n) is 2.21. The summed E-state index contributed by atoms with van der Waals surface area (Å²) in [7, 11) is 0. The number of imide groups is 1. The van der Waals surface area contributed by atoms with E-state index in [1.807, 2.05) is 30.3 Å². The maximum Gasteiger partial charge on any atom is 0.254 e. The highest BCUT2D eigenvalue weighted by Crippen LogP contribution is 2.13. The fourth-order valence-corrected chi connectivity index (χ4v) is 1.41. The molecule has 1 fully saturated rings. The largest absolute Gasteiger partial charge is 0.272 e. The number of amides is 2. The second-order valence-electron chi connectivity index (χ2n) is 3.34. The Labute approximate surface area is 87.4 Å². The zero-order valence-corrected chi connectivity index (χ0v) is 8.18. The predicted molar refractivity (Wildman–Crippen MR) is 52.3 cm³/mol. The van der Waals surface area contributed by atoms with Gasteiger partial charge in [0.1, 0.15) is 6.61 Å². The van der Waals surface area contributed by atoms with Crippen molar-refractivity contribution in [1.82, 2.24) is 5.06 Å². The second-order valence-corrected chi connectivity index (χ2v) is 3.34. The molecule has 0 spiro atoms. The van der Waals surface area contributed by atoms with E-state index in [0.29, 0.717) is 0 Å². The molecule has 0 bridgehead atoms. The monoisotopic (exact) mass is 205 g/mol. The Bertz CT molecular complexity index is 359. The summed E-state index contributed by atoms with van der Waals surface area (Å²) >= 11 is 0. The second kappa shape index (κ2) is 4.23. The Balaban J connectivity index is 1.93. The maximum atomic E-state index is 11.2. The van der Waals surface area contributed by atoms with Crippen molar-refractivity contribution in [3.05, 3.63) is 35.9 Å². The van der Waals surface area contributed by atoms with E-state index in [9.17, 15) is 9.59 Å². The van der Waals surface area contributed by atoms with E-state index >= 15 is 0 Å². The van der Waals surface area contributed by atoms with Crippen LogP contribution in [0.5, 0.6) is 0 Å². The van der Waals surface area contributed by atoms with Gasteiger partial charge in [0.2, 0.25) is 0 Å². The molecule has 0 saturated carbocycles. The van der Waals surface area contributed by atoms with E-state index in [0.717, 1.165) is 10.6 Å².